The molecule has 0 unspecified atom stereocenters. The number of nitrogens with zero attached hydrogens (tertiary/aromatic N) is 5. The second kappa shape index (κ2) is 8.22. The molecule has 1 aliphatic heterocycles. The number of rotatable bonds is 4. The quantitative estimate of drug-likeness (QED) is 0.668. The molecule has 0 saturated carbocycles. The fourth-order valence-electron chi connectivity index (χ4n) is 3.11. The first-order valence-electron chi connectivity index (χ1n) is 9.49. The number of amides is 1. The van der Waals surface area contributed by atoms with Crippen LogP contribution in [0.2, 0.25) is 0 Å². The van der Waals surface area contributed by atoms with Gasteiger partial charge in [-0.25, -0.2) is 9.78 Å². The fourth-order valence-corrected chi connectivity index (χ4v) is 3.11. The maximum absolute atomic E-state index is 11.9. The van der Waals surface area contributed by atoms with E-state index in [0.29, 0.717) is 49.3 Å². The highest BCUT2D eigenvalue weighted by Crippen LogP contribution is 2.27. The topological polar surface area (TPSA) is 94.2 Å². The summed E-state index contributed by atoms with van der Waals surface area (Å²) in [6, 6.07) is 9.59. The van der Waals surface area contributed by atoms with E-state index in [-0.39, 0.29) is 6.09 Å². The summed E-state index contributed by atoms with van der Waals surface area (Å²) in [4.78, 5) is 22.7. The molecule has 3 heterocycles. The normalized spacial score (nSPS) is 13.9. The third-order valence-electron chi connectivity index (χ3n) is 4.67. The molecule has 0 saturated heterocycles. The molecule has 1 aromatic carbocycles. The standard InChI is InChI=1S/C21H21N5O3/c1-3-28-21(27)26-11-9-15(10-12-26)17-13-22-14(2)18(23-17)20-25-24-19(29-20)16-7-5-4-6-8-16/h4-9,13H,3,10-12H2,1-2H3. The number of aryl methyl sites for hydroxylation is 1. The van der Waals surface area contributed by atoms with Gasteiger partial charge in [0.05, 0.1) is 24.2 Å². The lowest BCUT2D eigenvalue weighted by Crippen LogP contribution is -2.35. The molecule has 8 heteroatoms. The first kappa shape index (κ1) is 18.8. The summed E-state index contributed by atoms with van der Waals surface area (Å²) < 4.78 is 10.9. The smallest absolute Gasteiger partial charge is 0.410 e. The maximum atomic E-state index is 11.9. The second-order valence-corrected chi connectivity index (χ2v) is 6.59. The third kappa shape index (κ3) is 4.01. The number of hydrogen-bond acceptors (Lipinski definition) is 7. The van der Waals surface area contributed by atoms with Crippen LogP contribution in [0.3, 0.4) is 0 Å². The van der Waals surface area contributed by atoms with Gasteiger partial charge in [-0.05, 0) is 38.0 Å². The molecule has 2 aromatic heterocycles. The van der Waals surface area contributed by atoms with E-state index < -0.39 is 0 Å². The zero-order chi connectivity index (χ0) is 20.2. The maximum Gasteiger partial charge on any atom is 0.410 e. The predicted molar refractivity (Wildman–Crippen MR) is 107 cm³/mol. The van der Waals surface area contributed by atoms with Crippen LogP contribution in [0.25, 0.3) is 28.6 Å². The Morgan fingerprint density at radius 2 is 2.00 bits per heavy atom. The number of aromatic nitrogens is 4. The molecular weight excluding hydrogens is 370 g/mol. The van der Waals surface area contributed by atoms with Crippen molar-refractivity contribution in [2.75, 3.05) is 19.7 Å². The first-order valence-corrected chi connectivity index (χ1v) is 9.49. The summed E-state index contributed by atoms with van der Waals surface area (Å²) in [7, 11) is 0. The van der Waals surface area contributed by atoms with Gasteiger partial charge in [0.15, 0.2) is 0 Å². The average molecular weight is 391 g/mol. The molecule has 0 aliphatic carbocycles. The molecule has 0 radical (unpaired) electrons. The second-order valence-electron chi connectivity index (χ2n) is 6.59. The van der Waals surface area contributed by atoms with Gasteiger partial charge in [-0.1, -0.05) is 24.3 Å². The summed E-state index contributed by atoms with van der Waals surface area (Å²) in [5, 5.41) is 8.29. The molecule has 3 aromatic rings. The van der Waals surface area contributed by atoms with Crippen LogP contribution in [0.5, 0.6) is 0 Å². The average Bonchev–Trinajstić information content (AvgIpc) is 3.25. The molecule has 0 spiro atoms. The van der Waals surface area contributed by atoms with Crippen LogP contribution < -0.4 is 0 Å². The molecule has 8 nitrogen and oxygen atoms in total. The molecular formula is C21H21N5O3. The SMILES string of the molecule is CCOC(=O)N1CC=C(c2cnc(C)c(-c3nnc(-c4ccccc4)o3)n2)CC1. The Kier molecular flexibility index (Phi) is 5.33. The van der Waals surface area contributed by atoms with Crippen molar-refractivity contribution in [3.8, 4) is 23.0 Å². The number of ether oxygens (including phenoxy) is 1. The van der Waals surface area contributed by atoms with Crippen LogP contribution in [0.15, 0.2) is 47.0 Å². The van der Waals surface area contributed by atoms with E-state index in [1.165, 1.54) is 0 Å². The number of carbonyl (C=O) groups excluding carboxylic acids is 1. The van der Waals surface area contributed by atoms with Crippen LogP contribution in [0.4, 0.5) is 4.79 Å². The van der Waals surface area contributed by atoms with Crippen LogP contribution >= 0.6 is 0 Å². The summed E-state index contributed by atoms with van der Waals surface area (Å²) >= 11 is 0. The van der Waals surface area contributed by atoms with E-state index in [9.17, 15) is 4.79 Å². The molecule has 4 rings (SSSR count). The molecule has 0 N–H and O–H groups in total. The molecule has 0 fully saturated rings. The van der Waals surface area contributed by atoms with Crippen molar-refractivity contribution in [1.29, 1.82) is 0 Å². The lowest BCUT2D eigenvalue weighted by atomic mass is 10.1. The van der Waals surface area contributed by atoms with Gasteiger partial charge in [-0.3, -0.25) is 4.98 Å². The van der Waals surface area contributed by atoms with Gasteiger partial charge < -0.3 is 14.1 Å². The van der Waals surface area contributed by atoms with Crippen molar-refractivity contribution in [2.45, 2.75) is 20.3 Å². The van der Waals surface area contributed by atoms with Gasteiger partial charge in [0.2, 0.25) is 5.89 Å². The third-order valence-corrected chi connectivity index (χ3v) is 4.67. The van der Waals surface area contributed by atoms with Gasteiger partial charge in [0, 0.05) is 18.7 Å². The fraction of sp³-hybridized carbons (Fsp3) is 0.286. The molecule has 1 aliphatic rings. The van der Waals surface area contributed by atoms with Crippen LogP contribution in [-0.4, -0.2) is 50.9 Å². The summed E-state index contributed by atoms with van der Waals surface area (Å²) in [5.74, 6) is 0.773. The zero-order valence-corrected chi connectivity index (χ0v) is 16.3. The molecule has 1 amide bonds. The van der Waals surface area contributed by atoms with Crippen molar-refractivity contribution in [2.24, 2.45) is 0 Å². The Morgan fingerprint density at radius 3 is 2.72 bits per heavy atom. The lowest BCUT2D eigenvalue weighted by molar-refractivity contribution is 0.111. The predicted octanol–water partition coefficient (Wildman–Crippen LogP) is 3.75. The lowest BCUT2D eigenvalue weighted by Gasteiger charge is -2.25. The van der Waals surface area contributed by atoms with E-state index in [1.54, 1.807) is 18.0 Å². The van der Waals surface area contributed by atoms with Crippen LogP contribution in [0, 0.1) is 6.92 Å². The van der Waals surface area contributed by atoms with Crippen molar-refractivity contribution in [3.63, 3.8) is 0 Å². The Labute approximate surface area is 168 Å². The van der Waals surface area contributed by atoms with Gasteiger partial charge >= 0.3 is 6.09 Å². The van der Waals surface area contributed by atoms with Crippen molar-refractivity contribution >= 4 is 11.7 Å². The minimum absolute atomic E-state index is 0.294. The van der Waals surface area contributed by atoms with E-state index in [1.807, 2.05) is 43.3 Å². The minimum atomic E-state index is -0.294. The Hall–Kier alpha value is -3.55. The molecule has 148 valence electrons. The highest BCUT2D eigenvalue weighted by molar-refractivity contribution is 5.72. The number of benzene rings is 1. The van der Waals surface area contributed by atoms with Crippen LogP contribution in [0.1, 0.15) is 24.7 Å². The van der Waals surface area contributed by atoms with E-state index in [4.69, 9.17) is 14.1 Å². The monoisotopic (exact) mass is 391 g/mol. The number of carbonyl (C=O) groups is 1. The summed E-state index contributed by atoms with van der Waals surface area (Å²) in [6.07, 6.45) is 4.10. The molecule has 0 bridgehead atoms. The first-order chi connectivity index (χ1) is 14.2. The van der Waals surface area contributed by atoms with Crippen molar-refractivity contribution in [1.82, 2.24) is 25.1 Å². The molecule has 29 heavy (non-hydrogen) atoms. The van der Waals surface area contributed by atoms with E-state index in [0.717, 1.165) is 16.8 Å². The van der Waals surface area contributed by atoms with Gasteiger partial charge in [-0.2, -0.15) is 0 Å². The van der Waals surface area contributed by atoms with Crippen LogP contribution in [-0.2, 0) is 4.74 Å². The Balaban J connectivity index is 1.58. The highest BCUT2D eigenvalue weighted by atomic mass is 16.6. The number of hydrogen-bond donors (Lipinski definition) is 0. The van der Waals surface area contributed by atoms with Gasteiger partial charge in [0.1, 0.15) is 5.69 Å². The van der Waals surface area contributed by atoms with Crippen molar-refractivity contribution < 1.29 is 13.9 Å². The summed E-state index contributed by atoms with van der Waals surface area (Å²) in [5.41, 5.74) is 3.89. The summed E-state index contributed by atoms with van der Waals surface area (Å²) in [6.45, 7) is 5.09. The van der Waals surface area contributed by atoms with Gasteiger partial charge in [0.25, 0.3) is 5.89 Å². The van der Waals surface area contributed by atoms with Crippen molar-refractivity contribution in [3.05, 3.63) is 54.0 Å². The highest BCUT2D eigenvalue weighted by Gasteiger charge is 2.21. The Bertz CT molecular complexity index is 1050. The van der Waals surface area contributed by atoms with E-state index >= 15 is 0 Å². The van der Waals surface area contributed by atoms with E-state index in [2.05, 4.69) is 15.2 Å². The molecule has 0 atom stereocenters. The van der Waals surface area contributed by atoms with Gasteiger partial charge in [-0.15, -0.1) is 10.2 Å². The largest absolute Gasteiger partial charge is 0.450 e. The Morgan fingerprint density at radius 1 is 1.21 bits per heavy atom. The minimum Gasteiger partial charge on any atom is -0.450 e. The zero-order valence-electron chi connectivity index (χ0n) is 16.3.